The molecule has 0 aliphatic rings. The number of H-pyrrole nitrogens is 1. The zero-order chi connectivity index (χ0) is 8.55. The molecule has 0 aliphatic carbocycles. The summed E-state index contributed by atoms with van der Waals surface area (Å²) in [7, 11) is 0. The fourth-order valence-corrected chi connectivity index (χ4v) is 0.996. The van der Waals surface area contributed by atoms with Gasteiger partial charge in [-0.1, -0.05) is 0 Å². The molecule has 2 aromatic heterocycles. The first kappa shape index (κ1) is 6.97. The predicted molar refractivity (Wildman–Crippen MR) is 41.8 cm³/mol. The second-order valence-corrected chi connectivity index (χ2v) is 2.46. The van der Waals surface area contributed by atoms with Crippen molar-refractivity contribution in [3.05, 3.63) is 34.3 Å². The van der Waals surface area contributed by atoms with Gasteiger partial charge in [-0.15, -0.1) is 0 Å². The van der Waals surface area contributed by atoms with Crippen LogP contribution in [0.25, 0.3) is 11.5 Å². The summed E-state index contributed by atoms with van der Waals surface area (Å²) in [4.78, 5) is 10.9. The SMILES string of the molecule is Cc1c(-c2ccco2)o[nH]c1=O. The molecule has 0 atom stereocenters. The minimum atomic E-state index is -0.221. The van der Waals surface area contributed by atoms with Gasteiger partial charge in [-0.25, -0.2) is 0 Å². The van der Waals surface area contributed by atoms with E-state index in [1.165, 1.54) is 6.26 Å². The second kappa shape index (κ2) is 2.41. The molecule has 2 rings (SSSR count). The highest BCUT2D eigenvalue weighted by atomic mass is 16.5. The van der Waals surface area contributed by atoms with Crippen LogP contribution in [0.15, 0.2) is 32.1 Å². The lowest BCUT2D eigenvalue weighted by Crippen LogP contribution is -2.00. The van der Waals surface area contributed by atoms with E-state index in [0.717, 1.165) is 0 Å². The lowest BCUT2D eigenvalue weighted by atomic mass is 10.2. The molecule has 4 heteroatoms. The number of hydrogen-bond donors (Lipinski definition) is 1. The largest absolute Gasteiger partial charge is 0.461 e. The van der Waals surface area contributed by atoms with E-state index in [1.807, 2.05) is 0 Å². The maximum absolute atomic E-state index is 10.9. The van der Waals surface area contributed by atoms with Crippen LogP contribution >= 0.6 is 0 Å². The Kier molecular flexibility index (Phi) is 1.40. The summed E-state index contributed by atoms with van der Waals surface area (Å²) in [5.74, 6) is 1.02. The van der Waals surface area contributed by atoms with Crippen molar-refractivity contribution >= 4 is 0 Å². The minimum Gasteiger partial charge on any atom is -0.461 e. The molecule has 0 radical (unpaired) electrons. The topological polar surface area (TPSA) is 59.1 Å². The Morgan fingerprint density at radius 3 is 2.83 bits per heavy atom. The van der Waals surface area contributed by atoms with Crippen LogP contribution in [0.2, 0.25) is 0 Å². The average Bonchev–Trinajstić information content (AvgIpc) is 2.64. The Labute approximate surface area is 67.8 Å². The molecule has 0 amide bonds. The Morgan fingerprint density at radius 1 is 1.50 bits per heavy atom. The van der Waals surface area contributed by atoms with Crippen LogP contribution < -0.4 is 5.56 Å². The molecule has 12 heavy (non-hydrogen) atoms. The number of furan rings is 1. The van der Waals surface area contributed by atoms with Crippen molar-refractivity contribution in [2.45, 2.75) is 6.92 Å². The second-order valence-electron chi connectivity index (χ2n) is 2.46. The molecular weight excluding hydrogens is 158 g/mol. The van der Waals surface area contributed by atoms with E-state index in [4.69, 9.17) is 8.94 Å². The van der Waals surface area contributed by atoms with Gasteiger partial charge in [0.2, 0.25) is 5.76 Å². The summed E-state index contributed by atoms with van der Waals surface area (Å²) in [6.45, 7) is 1.68. The fraction of sp³-hybridized carbons (Fsp3) is 0.125. The number of aromatic amines is 1. The Balaban J connectivity index is 2.62. The zero-order valence-corrected chi connectivity index (χ0v) is 6.46. The van der Waals surface area contributed by atoms with Crippen molar-refractivity contribution in [3.63, 3.8) is 0 Å². The van der Waals surface area contributed by atoms with Gasteiger partial charge in [-0.05, 0) is 19.1 Å². The van der Waals surface area contributed by atoms with Crippen molar-refractivity contribution < 1.29 is 8.94 Å². The summed E-state index contributed by atoms with van der Waals surface area (Å²) < 4.78 is 9.97. The van der Waals surface area contributed by atoms with Gasteiger partial charge in [-0.2, -0.15) is 5.16 Å². The average molecular weight is 165 g/mol. The van der Waals surface area contributed by atoms with Crippen molar-refractivity contribution in [1.29, 1.82) is 0 Å². The van der Waals surface area contributed by atoms with Gasteiger partial charge < -0.3 is 8.94 Å². The molecule has 4 nitrogen and oxygen atoms in total. The maximum Gasteiger partial charge on any atom is 0.283 e. The Hall–Kier alpha value is -1.71. The first-order valence-corrected chi connectivity index (χ1v) is 3.51. The highest BCUT2D eigenvalue weighted by Gasteiger charge is 2.11. The van der Waals surface area contributed by atoms with Gasteiger partial charge in [0.1, 0.15) is 0 Å². The molecule has 0 spiro atoms. The summed E-state index contributed by atoms with van der Waals surface area (Å²) in [5, 5.41) is 2.23. The van der Waals surface area contributed by atoms with Crippen LogP contribution in [0.4, 0.5) is 0 Å². The van der Waals surface area contributed by atoms with E-state index in [1.54, 1.807) is 19.1 Å². The molecule has 0 bridgehead atoms. The third-order valence-electron chi connectivity index (χ3n) is 1.67. The monoisotopic (exact) mass is 165 g/mol. The van der Waals surface area contributed by atoms with E-state index in [2.05, 4.69) is 5.16 Å². The Bertz CT molecular complexity index is 421. The van der Waals surface area contributed by atoms with Crippen LogP contribution in [0.5, 0.6) is 0 Å². The standard InChI is InChI=1S/C8H7NO3/c1-5-7(12-9-8(5)10)6-3-2-4-11-6/h2-4H,1H3,(H,9,10). The molecule has 0 fully saturated rings. The number of nitrogens with one attached hydrogen (secondary N) is 1. The molecule has 2 aromatic rings. The lowest BCUT2D eigenvalue weighted by Gasteiger charge is -1.87. The lowest BCUT2D eigenvalue weighted by molar-refractivity contribution is 0.412. The normalized spacial score (nSPS) is 10.4. The summed E-state index contributed by atoms with van der Waals surface area (Å²) in [6, 6.07) is 3.47. The third kappa shape index (κ3) is 0.887. The quantitative estimate of drug-likeness (QED) is 0.697. The number of aromatic nitrogens is 1. The molecular formula is C8H7NO3. The van der Waals surface area contributed by atoms with Crippen LogP contribution in [0.3, 0.4) is 0 Å². The zero-order valence-electron chi connectivity index (χ0n) is 6.46. The van der Waals surface area contributed by atoms with E-state index in [0.29, 0.717) is 17.1 Å². The van der Waals surface area contributed by atoms with Crippen LogP contribution in [0.1, 0.15) is 5.56 Å². The van der Waals surface area contributed by atoms with E-state index >= 15 is 0 Å². The van der Waals surface area contributed by atoms with Gasteiger partial charge in [0.15, 0.2) is 5.76 Å². The molecule has 1 N–H and O–H groups in total. The first-order chi connectivity index (χ1) is 5.79. The van der Waals surface area contributed by atoms with Gasteiger partial charge in [-0.3, -0.25) is 4.79 Å². The van der Waals surface area contributed by atoms with Crippen molar-refractivity contribution in [2.75, 3.05) is 0 Å². The molecule has 2 heterocycles. The maximum atomic E-state index is 10.9. The molecule has 0 saturated carbocycles. The van der Waals surface area contributed by atoms with E-state index < -0.39 is 0 Å². The molecule has 62 valence electrons. The summed E-state index contributed by atoms with van der Waals surface area (Å²) >= 11 is 0. The first-order valence-electron chi connectivity index (χ1n) is 3.51. The van der Waals surface area contributed by atoms with Gasteiger partial charge in [0, 0.05) is 0 Å². The predicted octanol–water partition coefficient (Wildman–Crippen LogP) is 1.54. The molecule has 0 aliphatic heterocycles. The van der Waals surface area contributed by atoms with Crippen LogP contribution in [-0.4, -0.2) is 5.16 Å². The van der Waals surface area contributed by atoms with Crippen LogP contribution in [-0.2, 0) is 0 Å². The fourth-order valence-electron chi connectivity index (χ4n) is 0.996. The summed E-state index contributed by atoms with van der Waals surface area (Å²) in [6.07, 6.45) is 1.53. The van der Waals surface area contributed by atoms with Crippen LogP contribution in [0, 0.1) is 6.92 Å². The van der Waals surface area contributed by atoms with Gasteiger partial charge in [0.25, 0.3) is 5.56 Å². The van der Waals surface area contributed by atoms with E-state index in [9.17, 15) is 4.79 Å². The summed E-state index contributed by atoms with van der Waals surface area (Å²) in [5.41, 5.74) is 0.311. The molecule has 0 saturated heterocycles. The van der Waals surface area contributed by atoms with E-state index in [-0.39, 0.29) is 5.56 Å². The highest BCUT2D eigenvalue weighted by molar-refractivity contribution is 5.52. The minimum absolute atomic E-state index is 0.221. The molecule has 0 aromatic carbocycles. The van der Waals surface area contributed by atoms with Gasteiger partial charge >= 0.3 is 0 Å². The van der Waals surface area contributed by atoms with Crippen molar-refractivity contribution in [2.24, 2.45) is 0 Å². The smallest absolute Gasteiger partial charge is 0.283 e. The number of rotatable bonds is 1. The van der Waals surface area contributed by atoms with Crippen molar-refractivity contribution in [1.82, 2.24) is 5.16 Å². The van der Waals surface area contributed by atoms with Crippen molar-refractivity contribution in [3.8, 4) is 11.5 Å². The highest BCUT2D eigenvalue weighted by Crippen LogP contribution is 2.20. The van der Waals surface area contributed by atoms with Gasteiger partial charge in [0.05, 0.1) is 11.8 Å². The third-order valence-corrected chi connectivity index (χ3v) is 1.67. The molecule has 0 unspecified atom stereocenters. The Morgan fingerprint density at radius 2 is 2.33 bits per heavy atom. The number of hydrogen-bond acceptors (Lipinski definition) is 3.